The summed E-state index contributed by atoms with van der Waals surface area (Å²) in [6.07, 6.45) is 4.90. The molecule has 0 atom stereocenters. The molecule has 0 aromatic carbocycles. The molecule has 1 aromatic heterocycles. The summed E-state index contributed by atoms with van der Waals surface area (Å²) in [4.78, 5) is 2.68. The first kappa shape index (κ1) is 9.84. The van der Waals surface area contributed by atoms with Crippen molar-refractivity contribution < 1.29 is 0 Å². The SMILES string of the molecule is Cc1cscc1C=CCCN=[N+]=[N-]. The number of thiophene rings is 1. The fourth-order valence-corrected chi connectivity index (χ4v) is 1.75. The van der Waals surface area contributed by atoms with E-state index in [4.69, 9.17) is 5.53 Å². The van der Waals surface area contributed by atoms with Gasteiger partial charge in [-0.3, -0.25) is 0 Å². The van der Waals surface area contributed by atoms with E-state index in [9.17, 15) is 0 Å². The molecule has 0 bridgehead atoms. The fourth-order valence-electron chi connectivity index (χ4n) is 0.928. The molecule has 0 saturated heterocycles. The molecule has 0 aliphatic heterocycles. The minimum atomic E-state index is 0.538. The number of hydrogen-bond acceptors (Lipinski definition) is 2. The first-order chi connectivity index (χ1) is 6.34. The molecule has 1 rings (SSSR count). The molecule has 0 N–H and O–H groups in total. The van der Waals surface area contributed by atoms with Gasteiger partial charge in [0.2, 0.25) is 0 Å². The number of azide groups is 1. The highest BCUT2D eigenvalue weighted by atomic mass is 32.1. The lowest BCUT2D eigenvalue weighted by Crippen LogP contribution is -1.73. The quantitative estimate of drug-likeness (QED) is 0.302. The van der Waals surface area contributed by atoms with Crippen LogP contribution in [-0.4, -0.2) is 6.54 Å². The van der Waals surface area contributed by atoms with Gasteiger partial charge < -0.3 is 0 Å². The Morgan fingerprint density at radius 1 is 1.62 bits per heavy atom. The molecule has 0 spiro atoms. The van der Waals surface area contributed by atoms with Gasteiger partial charge in [-0.2, -0.15) is 11.3 Å². The van der Waals surface area contributed by atoms with Crippen LogP contribution in [0.5, 0.6) is 0 Å². The van der Waals surface area contributed by atoms with Crippen LogP contribution in [0.2, 0.25) is 0 Å². The van der Waals surface area contributed by atoms with E-state index >= 15 is 0 Å². The summed E-state index contributed by atoms with van der Waals surface area (Å²) in [5.41, 5.74) is 10.6. The second-order valence-corrected chi connectivity index (χ2v) is 3.40. The molecule has 68 valence electrons. The monoisotopic (exact) mass is 193 g/mol. The third-order valence-corrected chi connectivity index (χ3v) is 2.53. The van der Waals surface area contributed by atoms with Crippen LogP contribution >= 0.6 is 11.3 Å². The molecule has 0 amide bonds. The van der Waals surface area contributed by atoms with Crippen LogP contribution in [0.3, 0.4) is 0 Å². The summed E-state index contributed by atoms with van der Waals surface area (Å²) < 4.78 is 0. The molecule has 4 heteroatoms. The van der Waals surface area contributed by atoms with Crippen molar-refractivity contribution in [2.24, 2.45) is 5.11 Å². The highest BCUT2D eigenvalue weighted by Gasteiger charge is 1.92. The van der Waals surface area contributed by atoms with Crippen LogP contribution in [0.15, 0.2) is 22.0 Å². The molecule has 1 aromatic rings. The minimum absolute atomic E-state index is 0.538. The molecule has 0 radical (unpaired) electrons. The Bertz CT molecular complexity index is 334. The van der Waals surface area contributed by atoms with E-state index in [1.54, 1.807) is 11.3 Å². The standard InChI is InChI=1S/C9H11N3S/c1-8-6-13-7-9(8)4-2-3-5-11-12-10/h2,4,6-7H,3,5H2,1H3. The Morgan fingerprint density at radius 2 is 2.46 bits per heavy atom. The molecule has 1 heterocycles. The highest BCUT2D eigenvalue weighted by molar-refractivity contribution is 7.08. The number of rotatable bonds is 4. The van der Waals surface area contributed by atoms with E-state index in [0.29, 0.717) is 6.54 Å². The summed E-state index contributed by atoms with van der Waals surface area (Å²) in [6.45, 7) is 2.62. The molecule has 0 saturated carbocycles. The number of nitrogens with zero attached hydrogens (tertiary/aromatic N) is 3. The molecule has 3 nitrogen and oxygen atoms in total. The molecule has 13 heavy (non-hydrogen) atoms. The Balaban J connectivity index is 2.40. The second-order valence-electron chi connectivity index (χ2n) is 2.66. The Labute approximate surface area is 81.3 Å². The van der Waals surface area contributed by atoms with Gasteiger partial charge in [0, 0.05) is 11.5 Å². The maximum atomic E-state index is 8.03. The lowest BCUT2D eigenvalue weighted by molar-refractivity contribution is 0.995. The van der Waals surface area contributed by atoms with Crippen molar-refractivity contribution >= 4 is 17.4 Å². The van der Waals surface area contributed by atoms with Crippen LogP contribution in [-0.2, 0) is 0 Å². The Morgan fingerprint density at radius 3 is 3.08 bits per heavy atom. The van der Waals surface area contributed by atoms with Crippen molar-refractivity contribution in [1.82, 2.24) is 0 Å². The predicted octanol–water partition coefficient (Wildman–Crippen LogP) is 3.77. The van der Waals surface area contributed by atoms with Crippen molar-refractivity contribution in [2.75, 3.05) is 6.54 Å². The van der Waals surface area contributed by atoms with Gasteiger partial charge >= 0.3 is 0 Å². The van der Waals surface area contributed by atoms with E-state index < -0.39 is 0 Å². The molecule has 0 aliphatic rings. The first-order valence-corrected chi connectivity index (χ1v) is 4.99. The van der Waals surface area contributed by atoms with Gasteiger partial charge in [-0.15, -0.1) is 0 Å². The van der Waals surface area contributed by atoms with Crippen LogP contribution in [0.4, 0.5) is 0 Å². The normalized spacial score (nSPS) is 10.2. The van der Waals surface area contributed by atoms with E-state index in [1.165, 1.54) is 11.1 Å². The maximum Gasteiger partial charge on any atom is 0.0292 e. The lowest BCUT2D eigenvalue weighted by atomic mass is 10.2. The third-order valence-electron chi connectivity index (χ3n) is 1.65. The summed E-state index contributed by atoms with van der Waals surface area (Å²) in [5.74, 6) is 0. The predicted molar refractivity (Wildman–Crippen MR) is 56.7 cm³/mol. The minimum Gasteiger partial charge on any atom is -0.152 e. The number of aryl methyl sites for hydroxylation is 1. The van der Waals surface area contributed by atoms with Gasteiger partial charge in [0.05, 0.1) is 0 Å². The average Bonchev–Trinajstić information content (AvgIpc) is 2.52. The fraction of sp³-hybridized carbons (Fsp3) is 0.333. The molecule has 0 aliphatic carbocycles. The van der Waals surface area contributed by atoms with Gasteiger partial charge in [-0.05, 0) is 40.8 Å². The van der Waals surface area contributed by atoms with Crippen LogP contribution < -0.4 is 0 Å². The first-order valence-electron chi connectivity index (χ1n) is 4.05. The van der Waals surface area contributed by atoms with Crippen molar-refractivity contribution in [1.29, 1.82) is 0 Å². The molecular formula is C9H11N3S. The van der Waals surface area contributed by atoms with E-state index in [2.05, 4.69) is 33.8 Å². The Kier molecular flexibility index (Phi) is 4.09. The van der Waals surface area contributed by atoms with E-state index in [0.717, 1.165) is 6.42 Å². The summed E-state index contributed by atoms with van der Waals surface area (Å²) in [5, 5.41) is 7.67. The third kappa shape index (κ3) is 3.32. The molecule has 0 unspecified atom stereocenters. The van der Waals surface area contributed by atoms with Crippen LogP contribution in [0.1, 0.15) is 17.5 Å². The molecular weight excluding hydrogens is 182 g/mol. The topological polar surface area (TPSA) is 48.8 Å². The summed E-state index contributed by atoms with van der Waals surface area (Å²) in [7, 11) is 0. The van der Waals surface area contributed by atoms with Crippen molar-refractivity contribution in [2.45, 2.75) is 13.3 Å². The van der Waals surface area contributed by atoms with E-state index in [1.807, 2.05) is 6.08 Å². The lowest BCUT2D eigenvalue weighted by Gasteiger charge is -1.88. The van der Waals surface area contributed by atoms with Crippen molar-refractivity contribution in [3.8, 4) is 0 Å². The van der Waals surface area contributed by atoms with Crippen molar-refractivity contribution in [3.63, 3.8) is 0 Å². The molecule has 0 fully saturated rings. The highest BCUT2D eigenvalue weighted by Crippen LogP contribution is 2.15. The van der Waals surface area contributed by atoms with Gasteiger partial charge in [0.15, 0.2) is 0 Å². The largest absolute Gasteiger partial charge is 0.152 e. The van der Waals surface area contributed by atoms with Gasteiger partial charge in [0.25, 0.3) is 0 Å². The summed E-state index contributed by atoms with van der Waals surface area (Å²) >= 11 is 1.70. The number of hydrogen-bond donors (Lipinski definition) is 0. The maximum absolute atomic E-state index is 8.03. The van der Waals surface area contributed by atoms with Crippen molar-refractivity contribution in [3.05, 3.63) is 38.4 Å². The second kappa shape index (κ2) is 5.41. The van der Waals surface area contributed by atoms with Gasteiger partial charge in [-0.1, -0.05) is 17.3 Å². The zero-order chi connectivity index (χ0) is 9.52. The van der Waals surface area contributed by atoms with Crippen LogP contribution in [0, 0.1) is 6.92 Å². The van der Waals surface area contributed by atoms with Gasteiger partial charge in [0.1, 0.15) is 0 Å². The van der Waals surface area contributed by atoms with Gasteiger partial charge in [-0.25, -0.2) is 0 Å². The Hall–Kier alpha value is -1.25. The zero-order valence-corrected chi connectivity index (χ0v) is 8.29. The summed E-state index contributed by atoms with van der Waals surface area (Å²) in [6, 6.07) is 0. The zero-order valence-electron chi connectivity index (χ0n) is 7.47. The average molecular weight is 193 g/mol. The van der Waals surface area contributed by atoms with Crippen LogP contribution in [0.25, 0.3) is 16.5 Å². The smallest absolute Gasteiger partial charge is 0.0292 e. The van der Waals surface area contributed by atoms with E-state index in [-0.39, 0.29) is 0 Å².